The Morgan fingerprint density at radius 2 is 1.88 bits per heavy atom. The summed E-state index contributed by atoms with van der Waals surface area (Å²) in [6.45, 7) is 1.16. The maximum atomic E-state index is 13.4. The van der Waals surface area contributed by atoms with Gasteiger partial charge in [-0.15, -0.1) is 0 Å². The second-order valence-corrected chi connectivity index (χ2v) is 8.46. The highest BCUT2D eigenvalue weighted by Crippen LogP contribution is 2.36. The SMILES string of the molecule is O=C(O)CCN1CC(O)N2Cc3c(c4ccccc4n3Cc3ccc(F)cc3)CC2C1=O. The van der Waals surface area contributed by atoms with Crippen LogP contribution in [0.1, 0.15) is 23.2 Å². The fourth-order valence-electron chi connectivity index (χ4n) is 4.96. The Bertz CT molecular complexity index is 1190. The molecule has 8 heteroatoms. The Morgan fingerprint density at radius 1 is 1.12 bits per heavy atom. The molecule has 166 valence electrons. The summed E-state index contributed by atoms with van der Waals surface area (Å²) in [5.74, 6) is -1.39. The van der Waals surface area contributed by atoms with E-state index < -0.39 is 18.2 Å². The molecule has 3 heterocycles. The van der Waals surface area contributed by atoms with E-state index in [2.05, 4.69) is 4.57 Å². The first-order chi connectivity index (χ1) is 15.4. The van der Waals surface area contributed by atoms with Crippen LogP contribution in [0.25, 0.3) is 10.9 Å². The lowest BCUT2D eigenvalue weighted by atomic mass is 9.93. The van der Waals surface area contributed by atoms with Crippen molar-refractivity contribution in [1.29, 1.82) is 0 Å². The Kier molecular flexibility index (Phi) is 5.19. The van der Waals surface area contributed by atoms with Gasteiger partial charge in [-0.25, -0.2) is 4.39 Å². The van der Waals surface area contributed by atoms with Gasteiger partial charge in [0.2, 0.25) is 5.91 Å². The zero-order chi connectivity index (χ0) is 22.4. The van der Waals surface area contributed by atoms with Gasteiger partial charge < -0.3 is 19.7 Å². The molecule has 1 amide bonds. The van der Waals surface area contributed by atoms with E-state index in [-0.39, 0.29) is 31.2 Å². The molecule has 1 aromatic heterocycles. The lowest BCUT2D eigenvalue weighted by Crippen LogP contribution is -2.63. The molecule has 2 aromatic carbocycles. The van der Waals surface area contributed by atoms with Crippen LogP contribution in [0.4, 0.5) is 4.39 Å². The van der Waals surface area contributed by atoms with Gasteiger partial charge in [-0.2, -0.15) is 0 Å². The van der Waals surface area contributed by atoms with Crippen LogP contribution in [0.2, 0.25) is 0 Å². The molecule has 3 aromatic rings. The zero-order valence-corrected chi connectivity index (χ0v) is 17.4. The van der Waals surface area contributed by atoms with Crippen molar-refractivity contribution in [3.63, 3.8) is 0 Å². The van der Waals surface area contributed by atoms with Crippen molar-refractivity contribution in [2.75, 3.05) is 13.1 Å². The van der Waals surface area contributed by atoms with Crippen LogP contribution >= 0.6 is 0 Å². The van der Waals surface area contributed by atoms with Gasteiger partial charge in [-0.1, -0.05) is 30.3 Å². The van der Waals surface area contributed by atoms with Crippen molar-refractivity contribution in [2.45, 2.75) is 38.2 Å². The molecule has 0 radical (unpaired) electrons. The smallest absolute Gasteiger partial charge is 0.305 e. The van der Waals surface area contributed by atoms with Gasteiger partial charge in [0.15, 0.2) is 0 Å². The molecule has 0 spiro atoms. The van der Waals surface area contributed by atoms with Gasteiger partial charge in [0.05, 0.1) is 19.0 Å². The number of amides is 1. The summed E-state index contributed by atoms with van der Waals surface area (Å²) in [5.41, 5.74) is 4.11. The third-order valence-corrected chi connectivity index (χ3v) is 6.54. The minimum absolute atomic E-state index is 0.0920. The van der Waals surface area contributed by atoms with Gasteiger partial charge in [0.25, 0.3) is 0 Å². The van der Waals surface area contributed by atoms with Crippen LogP contribution < -0.4 is 0 Å². The summed E-state index contributed by atoms with van der Waals surface area (Å²) in [6.07, 6.45) is -0.559. The first-order valence-corrected chi connectivity index (χ1v) is 10.7. The number of benzene rings is 2. The standard InChI is InChI=1S/C24H24FN3O4/c25-16-7-5-15(6-8-16)12-27-19-4-2-1-3-17(19)18-11-20-24(32)26(10-9-23(30)31)14-22(29)28(20)13-21(18)27/h1-8,20,22,29H,9-14H2,(H,30,31). The average Bonchev–Trinajstić information content (AvgIpc) is 3.09. The Balaban J connectivity index is 1.52. The van der Waals surface area contributed by atoms with Crippen LogP contribution in [-0.4, -0.2) is 61.8 Å². The molecule has 7 nitrogen and oxygen atoms in total. The van der Waals surface area contributed by atoms with E-state index in [9.17, 15) is 19.1 Å². The van der Waals surface area contributed by atoms with Gasteiger partial charge >= 0.3 is 5.97 Å². The summed E-state index contributed by atoms with van der Waals surface area (Å²) in [7, 11) is 0. The number of fused-ring (bicyclic) bond motifs is 4. The second kappa shape index (κ2) is 8.03. The van der Waals surface area contributed by atoms with Crippen molar-refractivity contribution in [3.05, 3.63) is 71.2 Å². The van der Waals surface area contributed by atoms with Crippen molar-refractivity contribution in [3.8, 4) is 0 Å². The zero-order valence-electron chi connectivity index (χ0n) is 17.4. The third kappa shape index (κ3) is 3.55. The summed E-state index contributed by atoms with van der Waals surface area (Å²) >= 11 is 0. The number of aromatic nitrogens is 1. The maximum absolute atomic E-state index is 13.4. The number of halogens is 1. The van der Waals surface area contributed by atoms with Gasteiger partial charge in [0, 0.05) is 36.2 Å². The first-order valence-electron chi connectivity index (χ1n) is 10.7. The van der Waals surface area contributed by atoms with Crippen LogP contribution in [0.15, 0.2) is 48.5 Å². The molecule has 0 saturated carbocycles. The monoisotopic (exact) mass is 437 g/mol. The normalized spacial score (nSPS) is 20.9. The number of aliphatic hydroxyl groups is 1. The highest BCUT2D eigenvalue weighted by atomic mass is 19.1. The third-order valence-electron chi connectivity index (χ3n) is 6.54. The highest BCUT2D eigenvalue weighted by Gasteiger charge is 2.44. The van der Waals surface area contributed by atoms with Gasteiger partial charge in [0.1, 0.15) is 12.0 Å². The number of aliphatic hydroxyl groups excluding tert-OH is 1. The molecule has 2 unspecified atom stereocenters. The number of hydrogen-bond acceptors (Lipinski definition) is 4. The number of carboxylic acids is 1. The maximum Gasteiger partial charge on any atom is 0.305 e. The van der Waals surface area contributed by atoms with Crippen molar-refractivity contribution < 1.29 is 24.2 Å². The first kappa shape index (κ1) is 20.7. The van der Waals surface area contributed by atoms with Crippen molar-refractivity contribution in [2.24, 2.45) is 0 Å². The number of piperazine rings is 1. The van der Waals surface area contributed by atoms with Crippen LogP contribution in [-0.2, 0) is 29.1 Å². The highest BCUT2D eigenvalue weighted by molar-refractivity contribution is 5.89. The molecule has 0 aliphatic carbocycles. The number of carbonyl (C=O) groups is 2. The largest absolute Gasteiger partial charge is 0.481 e. The van der Waals surface area contributed by atoms with Gasteiger partial charge in [-0.05, 0) is 35.7 Å². The van der Waals surface area contributed by atoms with E-state index in [0.717, 1.165) is 27.7 Å². The fourth-order valence-corrected chi connectivity index (χ4v) is 4.96. The lowest BCUT2D eigenvalue weighted by Gasteiger charge is -2.46. The minimum atomic E-state index is -0.968. The molecule has 32 heavy (non-hydrogen) atoms. The molecular formula is C24H24FN3O4. The fraction of sp³-hybridized carbons (Fsp3) is 0.333. The molecule has 5 rings (SSSR count). The number of rotatable bonds is 5. The van der Waals surface area contributed by atoms with Crippen LogP contribution in [0.5, 0.6) is 0 Å². The summed E-state index contributed by atoms with van der Waals surface area (Å²) < 4.78 is 15.6. The van der Waals surface area contributed by atoms with E-state index >= 15 is 0 Å². The number of carboxylic acid groups (broad SMARTS) is 1. The molecule has 2 aliphatic rings. The summed E-state index contributed by atoms with van der Waals surface area (Å²) in [4.78, 5) is 27.4. The lowest BCUT2D eigenvalue weighted by molar-refractivity contribution is -0.161. The number of carbonyl (C=O) groups excluding carboxylic acids is 1. The quantitative estimate of drug-likeness (QED) is 0.639. The van der Waals surface area contributed by atoms with Crippen molar-refractivity contribution in [1.82, 2.24) is 14.4 Å². The van der Waals surface area contributed by atoms with E-state index in [1.54, 1.807) is 12.1 Å². The molecular weight excluding hydrogens is 413 g/mol. The van der Waals surface area contributed by atoms with E-state index in [1.165, 1.54) is 17.0 Å². The number of aliphatic carboxylic acids is 1. The average molecular weight is 437 g/mol. The summed E-state index contributed by atoms with van der Waals surface area (Å²) in [6, 6.07) is 13.9. The Hall–Kier alpha value is -3.23. The Morgan fingerprint density at radius 3 is 2.62 bits per heavy atom. The van der Waals surface area contributed by atoms with Gasteiger partial charge in [-0.3, -0.25) is 14.5 Å². The number of nitrogens with zero attached hydrogens (tertiary/aromatic N) is 3. The topological polar surface area (TPSA) is 86.0 Å². The predicted molar refractivity (Wildman–Crippen MR) is 115 cm³/mol. The molecule has 2 N–H and O–H groups in total. The molecule has 1 fully saturated rings. The summed E-state index contributed by atoms with van der Waals surface area (Å²) in [5, 5.41) is 20.8. The predicted octanol–water partition coefficient (Wildman–Crippen LogP) is 2.19. The number of β-amino-alcohol motifs (C(OH)–C–C–N with tert-alkyl or cyclic N) is 1. The van der Waals surface area contributed by atoms with Crippen molar-refractivity contribution >= 4 is 22.8 Å². The minimum Gasteiger partial charge on any atom is -0.481 e. The van der Waals surface area contributed by atoms with E-state index in [0.29, 0.717) is 19.5 Å². The molecule has 2 aliphatic heterocycles. The van der Waals surface area contributed by atoms with E-state index in [1.807, 2.05) is 29.2 Å². The van der Waals surface area contributed by atoms with E-state index in [4.69, 9.17) is 5.11 Å². The number of para-hydroxylation sites is 1. The molecule has 1 saturated heterocycles. The second-order valence-electron chi connectivity index (χ2n) is 8.46. The van der Waals surface area contributed by atoms with Crippen LogP contribution in [0.3, 0.4) is 0 Å². The Labute approximate surface area is 184 Å². The number of hydrogen-bond donors (Lipinski definition) is 2. The van der Waals surface area contributed by atoms with Crippen LogP contribution in [0, 0.1) is 5.82 Å². The molecule has 0 bridgehead atoms. The molecule has 2 atom stereocenters.